The summed E-state index contributed by atoms with van der Waals surface area (Å²) in [6, 6.07) is 2.63. The minimum absolute atomic E-state index is 0.00999. The van der Waals surface area contributed by atoms with Crippen LogP contribution >= 0.6 is 23.4 Å². The van der Waals surface area contributed by atoms with Crippen LogP contribution in [0.3, 0.4) is 0 Å². The van der Waals surface area contributed by atoms with Crippen LogP contribution in [0.2, 0.25) is 5.02 Å². The Labute approximate surface area is 160 Å². The fourth-order valence-corrected chi connectivity index (χ4v) is 4.21. The second kappa shape index (κ2) is 7.77. The van der Waals surface area contributed by atoms with Crippen LogP contribution < -0.4 is 14.9 Å². The number of hydrogen-bond donors (Lipinski definition) is 4. The van der Waals surface area contributed by atoms with Gasteiger partial charge in [-0.3, -0.25) is 15.5 Å². The number of amides is 1. The molecule has 0 spiro atoms. The molecule has 0 unspecified atom stereocenters. The van der Waals surface area contributed by atoms with E-state index in [0.717, 1.165) is 17.8 Å². The molecule has 1 atom stereocenters. The predicted molar refractivity (Wildman–Crippen MR) is 91.5 cm³/mol. The van der Waals surface area contributed by atoms with Crippen molar-refractivity contribution < 1.29 is 27.4 Å². The van der Waals surface area contributed by atoms with Crippen LogP contribution in [0.5, 0.6) is 0 Å². The average Bonchev–Trinajstić information content (AvgIpc) is 3.17. The molecule has 144 valence electrons. The number of nitrogens with zero attached hydrogens (tertiary/aromatic N) is 3. The highest BCUT2D eigenvalue weighted by Crippen LogP contribution is 2.25. The number of halogens is 2. The molecule has 15 heteroatoms. The minimum atomic E-state index is -3.86. The van der Waals surface area contributed by atoms with Crippen LogP contribution in [-0.4, -0.2) is 47.5 Å². The highest BCUT2D eigenvalue weighted by molar-refractivity contribution is 7.99. The van der Waals surface area contributed by atoms with Gasteiger partial charge in [0.05, 0.1) is 10.7 Å². The topological polar surface area (TPSA) is 159 Å². The summed E-state index contributed by atoms with van der Waals surface area (Å²) in [5.41, 5.74) is 2.02. The third-order valence-corrected chi connectivity index (χ3v) is 5.56. The molecule has 1 aromatic carbocycles. The van der Waals surface area contributed by atoms with Crippen molar-refractivity contribution in [3.63, 3.8) is 0 Å². The Kier molecular flexibility index (Phi) is 5.61. The maximum Gasteiger partial charge on any atom is 0.302 e. The van der Waals surface area contributed by atoms with Crippen molar-refractivity contribution in [3.05, 3.63) is 34.7 Å². The molecule has 4 N–H and O–H groups in total. The van der Waals surface area contributed by atoms with Crippen molar-refractivity contribution in [1.82, 2.24) is 25.2 Å². The monoisotopic (exact) mass is 436 g/mol. The summed E-state index contributed by atoms with van der Waals surface area (Å²) in [5.74, 6) is -1.55. The molecule has 1 aliphatic heterocycles. The molecule has 1 fully saturated rings. The highest BCUT2D eigenvalue weighted by atomic mass is 35.5. The van der Waals surface area contributed by atoms with Gasteiger partial charge in [0, 0.05) is 5.75 Å². The molecule has 27 heavy (non-hydrogen) atoms. The number of amidine groups is 1. The molecule has 1 aromatic heterocycles. The van der Waals surface area contributed by atoms with Crippen molar-refractivity contribution >= 4 is 51.0 Å². The van der Waals surface area contributed by atoms with Gasteiger partial charge in [0.2, 0.25) is 0 Å². The average molecular weight is 437 g/mol. The van der Waals surface area contributed by atoms with E-state index >= 15 is 0 Å². The Morgan fingerprint density at radius 3 is 2.89 bits per heavy atom. The van der Waals surface area contributed by atoms with Crippen molar-refractivity contribution in [2.75, 3.05) is 5.75 Å². The number of nitrogens with one attached hydrogen (secondary N) is 3. The summed E-state index contributed by atoms with van der Waals surface area (Å²) in [6.45, 7) is 0. The first-order valence-electron chi connectivity index (χ1n) is 7.02. The van der Waals surface area contributed by atoms with Crippen molar-refractivity contribution in [2.45, 2.75) is 11.1 Å². The maximum atomic E-state index is 13.2. The second-order valence-electron chi connectivity index (χ2n) is 5.04. The normalized spacial score (nSPS) is 19.1. The Morgan fingerprint density at radius 2 is 2.26 bits per heavy atom. The van der Waals surface area contributed by atoms with E-state index in [1.165, 1.54) is 12.1 Å². The van der Waals surface area contributed by atoms with E-state index in [0.29, 0.717) is 0 Å². The standard InChI is InChI=1S/C12H10ClFN6O5S2/c13-6-3-5(1-2-7(6)14)15-10(16-22)9-12(18-25-17-9)26-4-8-11(21)20-27(23,24)19-8/h1-3,8,19,22H,4H2,(H,15,16)(H,20,21)/t8-/m0/s1. The number of carbonyl (C=O) groups is 1. The number of hydroxylamine groups is 1. The first-order valence-corrected chi connectivity index (χ1v) is 9.87. The van der Waals surface area contributed by atoms with Crippen LogP contribution in [0.4, 0.5) is 10.1 Å². The summed E-state index contributed by atoms with van der Waals surface area (Å²) in [5, 5.41) is 16.5. The van der Waals surface area contributed by atoms with E-state index in [2.05, 4.69) is 24.7 Å². The van der Waals surface area contributed by atoms with Crippen LogP contribution in [0.1, 0.15) is 5.69 Å². The Morgan fingerprint density at radius 1 is 1.48 bits per heavy atom. The summed E-state index contributed by atoms with van der Waals surface area (Å²) < 4.78 is 44.3. The molecule has 0 saturated carbocycles. The van der Waals surface area contributed by atoms with Gasteiger partial charge in [-0.25, -0.2) is 18.7 Å². The largest absolute Gasteiger partial charge is 0.302 e. The number of thioether (sulfide) groups is 1. The molecule has 1 amide bonds. The lowest BCUT2D eigenvalue weighted by molar-refractivity contribution is -0.119. The van der Waals surface area contributed by atoms with Crippen molar-refractivity contribution in [2.24, 2.45) is 4.99 Å². The zero-order chi connectivity index (χ0) is 19.6. The summed E-state index contributed by atoms with van der Waals surface area (Å²) in [7, 11) is -3.86. The highest BCUT2D eigenvalue weighted by Gasteiger charge is 2.35. The number of carbonyl (C=O) groups excluding carboxylic acids is 1. The SMILES string of the molecule is O=C1NS(=O)(=O)N[C@H]1CSc1nonc1C(=Nc1ccc(F)c(Cl)c1)NO. The van der Waals surface area contributed by atoms with Crippen LogP contribution in [0.15, 0.2) is 32.8 Å². The van der Waals surface area contributed by atoms with Crippen molar-refractivity contribution in [3.8, 4) is 0 Å². The van der Waals surface area contributed by atoms with Crippen LogP contribution in [0, 0.1) is 5.82 Å². The van der Waals surface area contributed by atoms with Gasteiger partial charge in [0.15, 0.2) is 16.6 Å². The molecule has 2 aromatic rings. The quantitative estimate of drug-likeness (QED) is 0.224. The summed E-state index contributed by atoms with van der Waals surface area (Å²) in [6.07, 6.45) is 0. The lowest BCUT2D eigenvalue weighted by atomic mass is 10.3. The number of benzene rings is 1. The van der Waals surface area contributed by atoms with Gasteiger partial charge in [0.25, 0.3) is 5.91 Å². The molecule has 11 nitrogen and oxygen atoms in total. The Hall–Kier alpha value is -2.26. The van der Waals surface area contributed by atoms with E-state index < -0.39 is 28.0 Å². The Balaban J connectivity index is 1.79. The molecule has 0 aliphatic carbocycles. The van der Waals surface area contributed by atoms with E-state index in [4.69, 9.17) is 11.6 Å². The zero-order valence-corrected chi connectivity index (χ0v) is 15.4. The van der Waals surface area contributed by atoms with Gasteiger partial charge in [-0.15, -0.1) is 0 Å². The molecular formula is C12H10ClFN6O5S2. The molecule has 1 aliphatic rings. The Bertz CT molecular complexity index is 1010. The van der Waals surface area contributed by atoms with Gasteiger partial charge >= 0.3 is 10.2 Å². The first kappa shape index (κ1) is 19.5. The second-order valence-corrected chi connectivity index (χ2v) is 7.90. The lowest BCUT2D eigenvalue weighted by Gasteiger charge is -2.05. The number of hydrogen-bond acceptors (Lipinski definition) is 9. The number of aromatic nitrogens is 2. The fourth-order valence-electron chi connectivity index (χ4n) is 1.98. The fraction of sp³-hybridized carbons (Fsp3) is 0.167. The maximum absolute atomic E-state index is 13.2. The smallest absolute Gasteiger partial charge is 0.290 e. The molecule has 3 rings (SSSR count). The summed E-state index contributed by atoms with van der Waals surface area (Å²) >= 11 is 6.63. The molecular weight excluding hydrogens is 427 g/mol. The third kappa shape index (κ3) is 4.54. The van der Waals surface area contributed by atoms with Crippen LogP contribution in [0.25, 0.3) is 0 Å². The first-order chi connectivity index (χ1) is 12.8. The van der Waals surface area contributed by atoms with Gasteiger partial charge in [-0.1, -0.05) is 23.4 Å². The van der Waals surface area contributed by atoms with Gasteiger partial charge in [-0.2, -0.15) is 13.1 Å². The van der Waals surface area contributed by atoms with Gasteiger partial charge < -0.3 is 0 Å². The van der Waals surface area contributed by atoms with Gasteiger partial charge in [-0.05, 0) is 28.5 Å². The number of rotatable bonds is 5. The lowest BCUT2D eigenvalue weighted by Crippen LogP contribution is -2.31. The van der Waals surface area contributed by atoms with Crippen LogP contribution in [-0.2, 0) is 15.0 Å². The van der Waals surface area contributed by atoms with E-state index in [1.807, 2.05) is 5.48 Å². The molecule has 0 bridgehead atoms. The van der Waals surface area contributed by atoms with Gasteiger partial charge in [0.1, 0.15) is 11.9 Å². The molecule has 1 saturated heterocycles. The zero-order valence-electron chi connectivity index (χ0n) is 13.0. The molecule has 2 heterocycles. The van der Waals surface area contributed by atoms with E-state index in [9.17, 15) is 22.8 Å². The molecule has 0 radical (unpaired) electrons. The third-order valence-electron chi connectivity index (χ3n) is 3.17. The van der Waals surface area contributed by atoms with E-state index in [1.54, 1.807) is 4.72 Å². The summed E-state index contributed by atoms with van der Waals surface area (Å²) in [4.78, 5) is 15.6. The van der Waals surface area contributed by atoms with E-state index in [-0.39, 0.29) is 33.0 Å². The number of aliphatic imine (C=N–C) groups is 1. The minimum Gasteiger partial charge on any atom is -0.290 e. The van der Waals surface area contributed by atoms with Crippen molar-refractivity contribution in [1.29, 1.82) is 0 Å². The predicted octanol–water partition coefficient (Wildman–Crippen LogP) is 0.344.